The second kappa shape index (κ2) is 3.89. The summed E-state index contributed by atoms with van der Waals surface area (Å²) < 4.78 is 0. The topological polar surface area (TPSA) is 46.3 Å². The van der Waals surface area contributed by atoms with Gasteiger partial charge in [-0.1, -0.05) is 0 Å². The second-order valence-electron chi connectivity index (χ2n) is 5.06. The smallest absolute Gasteiger partial charge is 0.242 e. The zero-order valence-corrected chi connectivity index (χ0v) is 9.71. The lowest BCUT2D eigenvalue weighted by molar-refractivity contribution is -0.142. The lowest BCUT2D eigenvalue weighted by Gasteiger charge is -2.42. The zero-order valence-electron chi connectivity index (χ0n) is 9.71. The molecule has 0 aromatic heterocycles. The van der Waals surface area contributed by atoms with Crippen LogP contribution in [0.3, 0.4) is 0 Å². The predicted molar refractivity (Wildman–Crippen MR) is 57.9 cm³/mol. The van der Waals surface area contributed by atoms with E-state index in [4.69, 9.17) is 5.73 Å². The monoisotopic (exact) mass is 198 g/mol. The van der Waals surface area contributed by atoms with E-state index in [1.54, 1.807) is 13.8 Å². The molecule has 0 spiro atoms. The maximum absolute atomic E-state index is 12.0. The highest BCUT2D eigenvalue weighted by molar-refractivity contribution is 5.85. The first-order chi connectivity index (χ1) is 6.34. The van der Waals surface area contributed by atoms with E-state index in [-0.39, 0.29) is 5.91 Å². The van der Waals surface area contributed by atoms with E-state index in [1.807, 2.05) is 4.90 Å². The highest BCUT2D eigenvalue weighted by Gasteiger charge is 2.35. The first-order valence-electron chi connectivity index (χ1n) is 5.45. The van der Waals surface area contributed by atoms with Crippen LogP contribution in [0.2, 0.25) is 0 Å². The van der Waals surface area contributed by atoms with Crippen LogP contribution in [-0.4, -0.2) is 28.4 Å². The van der Waals surface area contributed by atoms with Crippen molar-refractivity contribution in [3.63, 3.8) is 0 Å². The zero-order chi connectivity index (χ0) is 10.9. The third-order valence-corrected chi connectivity index (χ3v) is 2.98. The molecule has 3 heteroatoms. The molecule has 1 aliphatic rings. The Morgan fingerprint density at radius 1 is 1.29 bits per heavy atom. The van der Waals surface area contributed by atoms with Gasteiger partial charge >= 0.3 is 0 Å². The molecule has 0 aromatic rings. The quantitative estimate of drug-likeness (QED) is 0.694. The molecule has 1 aliphatic heterocycles. The molecule has 14 heavy (non-hydrogen) atoms. The first-order valence-corrected chi connectivity index (χ1v) is 5.45. The molecule has 82 valence electrons. The van der Waals surface area contributed by atoms with Gasteiger partial charge in [0.1, 0.15) is 0 Å². The van der Waals surface area contributed by atoms with Crippen LogP contribution in [0, 0.1) is 0 Å². The lowest BCUT2D eigenvalue weighted by Crippen LogP contribution is -2.57. The summed E-state index contributed by atoms with van der Waals surface area (Å²) in [7, 11) is 0. The Morgan fingerprint density at radius 2 is 1.71 bits per heavy atom. The molecule has 0 unspecified atom stereocenters. The van der Waals surface area contributed by atoms with Crippen molar-refractivity contribution < 1.29 is 4.79 Å². The number of carbonyl (C=O) groups is 1. The average Bonchev–Trinajstić information content (AvgIpc) is 2.01. The molecule has 1 saturated heterocycles. The van der Waals surface area contributed by atoms with Gasteiger partial charge in [0, 0.05) is 12.1 Å². The number of rotatable bonds is 1. The molecule has 1 fully saturated rings. The van der Waals surface area contributed by atoms with Crippen LogP contribution in [0.25, 0.3) is 0 Å². The number of nitrogens with two attached hydrogens (primary N) is 1. The van der Waals surface area contributed by atoms with Crippen LogP contribution >= 0.6 is 0 Å². The number of likely N-dealkylation sites (tertiary alicyclic amines) is 1. The molecular weight excluding hydrogens is 176 g/mol. The van der Waals surface area contributed by atoms with Gasteiger partial charge < -0.3 is 10.6 Å². The standard InChI is InChI=1S/C11H22N2O/c1-8-6-5-7-9(2)13(8)10(14)11(3,4)12/h8-9H,5-7,12H2,1-4H3/t8-,9+. The molecule has 0 radical (unpaired) electrons. The second-order valence-corrected chi connectivity index (χ2v) is 5.06. The summed E-state index contributed by atoms with van der Waals surface area (Å²) in [6.45, 7) is 7.78. The summed E-state index contributed by atoms with van der Waals surface area (Å²) in [5.74, 6) is 0.0807. The van der Waals surface area contributed by atoms with Gasteiger partial charge in [0.25, 0.3) is 0 Å². The lowest BCUT2D eigenvalue weighted by atomic mass is 9.94. The summed E-state index contributed by atoms with van der Waals surface area (Å²) in [5, 5.41) is 0. The molecule has 3 nitrogen and oxygen atoms in total. The predicted octanol–water partition coefficient (Wildman–Crippen LogP) is 1.51. The van der Waals surface area contributed by atoms with Gasteiger partial charge in [-0.05, 0) is 47.0 Å². The van der Waals surface area contributed by atoms with E-state index in [1.165, 1.54) is 6.42 Å². The molecule has 0 saturated carbocycles. The van der Waals surface area contributed by atoms with Crippen molar-refractivity contribution in [3.05, 3.63) is 0 Å². The molecule has 0 aromatic carbocycles. The number of carbonyl (C=O) groups excluding carboxylic acids is 1. The largest absolute Gasteiger partial charge is 0.336 e. The van der Waals surface area contributed by atoms with Crippen molar-refractivity contribution in [2.45, 2.75) is 64.6 Å². The van der Waals surface area contributed by atoms with E-state index >= 15 is 0 Å². The third-order valence-electron chi connectivity index (χ3n) is 2.98. The fraction of sp³-hybridized carbons (Fsp3) is 0.909. The summed E-state index contributed by atoms with van der Waals surface area (Å²) in [6, 6.07) is 0.683. The fourth-order valence-corrected chi connectivity index (χ4v) is 2.15. The molecule has 2 atom stereocenters. The van der Waals surface area contributed by atoms with E-state index in [0.717, 1.165) is 12.8 Å². The van der Waals surface area contributed by atoms with Gasteiger partial charge in [0.15, 0.2) is 0 Å². The van der Waals surface area contributed by atoms with E-state index in [0.29, 0.717) is 12.1 Å². The van der Waals surface area contributed by atoms with Crippen molar-refractivity contribution in [2.75, 3.05) is 0 Å². The first kappa shape index (κ1) is 11.5. The van der Waals surface area contributed by atoms with Crippen molar-refractivity contribution in [2.24, 2.45) is 5.73 Å². The van der Waals surface area contributed by atoms with E-state index in [9.17, 15) is 4.79 Å². The number of hydrogen-bond acceptors (Lipinski definition) is 2. The summed E-state index contributed by atoms with van der Waals surface area (Å²) in [4.78, 5) is 14.0. The molecule has 1 heterocycles. The molecule has 1 rings (SSSR count). The Balaban J connectivity index is 2.78. The number of hydrogen-bond donors (Lipinski definition) is 1. The molecule has 0 aliphatic carbocycles. The Bertz CT molecular complexity index is 210. The third kappa shape index (κ3) is 2.27. The number of piperidine rings is 1. The van der Waals surface area contributed by atoms with Crippen molar-refractivity contribution in [3.8, 4) is 0 Å². The van der Waals surface area contributed by atoms with Crippen LogP contribution in [0.4, 0.5) is 0 Å². The molecule has 1 amide bonds. The maximum Gasteiger partial charge on any atom is 0.242 e. The normalized spacial score (nSPS) is 29.1. The Kier molecular flexibility index (Phi) is 3.20. The van der Waals surface area contributed by atoms with Gasteiger partial charge in [-0.2, -0.15) is 0 Å². The number of nitrogens with zero attached hydrogens (tertiary/aromatic N) is 1. The Hall–Kier alpha value is -0.570. The van der Waals surface area contributed by atoms with Gasteiger partial charge in [-0.15, -0.1) is 0 Å². The van der Waals surface area contributed by atoms with Crippen molar-refractivity contribution >= 4 is 5.91 Å². The molecule has 0 bridgehead atoms. The van der Waals surface area contributed by atoms with Gasteiger partial charge in [0.2, 0.25) is 5.91 Å². The number of amides is 1. The van der Waals surface area contributed by atoms with Crippen molar-refractivity contribution in [1.29, 1.82) is 0 Å². The average molecular weight is 198 g/mol. The Labute approximate surface area is 86.6 Å². The minimum absolute atomic E-state index is 0.0807. The minimum Gasteiger partial charge on any atom is -0.336 e. The van der Waals surface area contributed by atoms with E-state index in [2.05, 4.69) is 13.8 Å². The SMILES string of the molecule is C[C@@H]1CCC[C@H](C)N1C(=O)C(C)(C)N. The van der Waals surface area contributed by atoms with Crippen molar-refractivity contribution in [1.82, 2.24) is 4.90 Å². The van der Waals surface area contributed by atoms with Crippen LogP contribution in [0.5, 0.6) is 0 Å². The van der Waals surface area contributed by atoms with Gasteiger partial charge in [-0.3, -0.25) is 4.79 Å². The summed E-state index contributed by atoms with van der Waals surface area (Å²) >= 11 is 0. The summed E-state index contributed by atoms with van der Waals surface area (Å²) in [6.07, 6.45) is 3.43. The minimum atomic E-state index is -0.736. The van der Waals surface area contributed by atoms with Crippen LogP contribution in [-0.2, 0) is 4.79 Å². The maximum atomic E-state index is 12.0. The van der Waals surface area contributed by atoms with E-state index < -0.39 is 5.54 Å². The van der Waals surface area contributed by atoms with Gasteiger partial charge in [-0.25, -0.2) is 0 Å². The highest BCUT2D eigenvalue weighted by Crippen LogP contribution is 2.24. The van der Waals surface area contributed by atoms with Gasteiger partial charge in [0.05, 0.1) is 5.54 Å². The van der Waals surface area contributed by atoms with Crippen LogP contribution in [0.1, 0.15) is 47.0 Å². The van der Waals surface area contributed by atoms with Crippen LogP contribution in [0.15, 0.2) is 0 Å². The highest BCUT2D eigenvalue weighted by atomic mass is 16.2. The molecular formula is C11H22N2O. The fourth-order valence-electron chi connectivity index (χ4n) is 2.15. The molecule has 2 N–H and O–H groups in total. The Morgan fingerprint density at radius 3 is 2.07 bits per heavy atom. The summed E-state index contributed by atoms with van der Waals surface area (Å²) in [5.41, 5.74) is 5.11. The van der Waals surface area contributed by atoms with Crippen LogP contribution < -0.4 is 5.73 Å².